The fraction of sp³-hybridized carbons (Fsp3) is 0.625. The number of allylic oxidation sites excluding steroid dienone is 1. The minimum atomic E-state index is -0.0802. The SMILES string of the molecule is CC(=O)/C(Cl)=C/SC(C)(C)C. The van der Waals surface area contributed by atoms with Crippen LogP contribution in [0.2, 0.25) is 0 Å². The predicted molar refractivity (Wildman–Crippen MR) is 52.0 cm³/mol. The monoisotopic (exact) mass is 192 g/mol. The lowest BCUT2D eigenvalue weighted by Crippen LogP contribution is -2.05. The maximum Gasteiger partial charge on any atom is 0.171 e. The van der Waals surface area contributed by atoms with Crippen molar-refractivity contribution in [3.8, 4) is 0 Å². The average Bonchev–Trinajstić information content (AvgIpc) is 1.80. The van der Waals surface area contributed by atoms with Gasteiger partial charge in [-0.1, -0.05) is 32.4 Å². The summed E-state index contributed by atoms with van der Waals surface area (Å²) in [6.45, 7) is 7.66. The van der Waals surface area contributed by atoms with Gasteiger partial charge in [-0.3, -0.25) is 4.79 Å². The molecule has 0 aliphatic carbocycles. The lowest BCUT2D eigenvalue weighted by Gasteiger charge is -2.13. The third kappa shape index (κ3) is 6.45. The van der Waals surface area contributed by atoms with E-state index < -0.39 is 0 Å². The van der Waals surface area contributed by atoms with E-state index in [1.807, 2.05) is 0 Å². The highest BCUT2D eigenvalue weighted by Gasteiger charge is 2.09. The van der Waals surface area contributed by atoms with E-state index in [1.54, 1.807) is 17.2 Å². The number of thioether (sulfide) groups is 1. The zero-order valence-electron chi connectivity index (χ0n) is 7.27. The minimum absolute atomic E-state index is 0.0802. The van der Waals surface area contributed by atoms with Gasteiger partial charge in [-0.05, 0) is 5.41 Å². The molecular formula is C8H13ClOS. The third-order valence-electron chi connectivity index (χ3n) is 0.852. The number of halogens is 1. The summed E-state index contributed by atoms with van der Waals surface area (Å²) in [5, 5.41) is 2.01. The molecule has 64 valence electrons. The van der Waals surface area contributed by atoms with Gasteiger partial charge in [0.1, 0.15) is 0 Å². The summed E-state index contributed by atoms with van der Waals surface area (Å²) in [6, 6.07) is 0. The van der Waals surface area contributed by atoms with Crippen LogP contribution in [0.15, 0.2) is 10.4 Å². The van der Waals surface area contributed by atoms with Crippen molar-refractivity contribution in [3.05, 3.63) is 10.4 Å². The first kappa shape index (κ1) is 11.1. The van der Waals surface area contributed by atoms with Gasteiger partial charge in [-0.25, -0.2) is 0 Å². The van der Waals surface area contributed by atoms with Crippen LogP contribution in [0.25, 0.3) is 0 Å². The molecule has 0 fully saturated rings. The summed E-state index contributed by atoms with van der Waals surface area (Å²) in [6.07, 6.45) is 0. The van der Waals surface area contributed by atoms with Crippen LogP contribution in [0.1, 0.15) is 27.7 Å². The Morgan fingerprint density at radius 1 is 1.45 bits per heavy atom. The van der Waals surface area contributed by atoms with Gasteiger partial charge in [0.05, 0.1) is 5.03 Å². The summed E-state index contributed by atoms with van der Waals surface area (Å²) in [7, 11) is 0. The molecule has 11 heavy (non-hydrogen) atoms. The van der Waals surface area contributed by atoms with Crippen molar-refractivity contribution in [2.24, 2.45) is 0 Å². The number of hydrogen-bond acceptors (Lipinski definition) is 2. The maximum atomic E-state index is 10.6. The standard InChI is InChI=1S/C8H13ClOS/c1-6(10)7(9)5-11-8(2,3)4/h5H,1-4H3/b7-5-. The molecule has 0 spiro atoms. The van der Waals surface area contributed by atoms with Crippen LogP contribution >= 0.6 is 23.4 Å². The highest BCUT2D eigenvalue weighted by atomic mass is 35.5. The van der Waals surface area contributed by atoms with Crippen LogP contribution in [-0.2, 0) is 4.79 Å². The first-order chi connectivity index (χ1) is 4.83. The van der Waals surface area contributed by atoms with Crippen molar-refractivity contribution in [1.82, 2.24) is 0 Å². The molecule has 1 nitrogen and oxygen atoms in total. The van der Waals surface area contributed by atoms with E-state index in [4.69, 9.17) is 11.6 Å². The number of carbonyl (C=O) groups is 1. The molecule has 3 heteroatoms. The first-order valence-electron chi connectivity index (χ1n) is 3.37. The number of Topliss-reactive ketones (excluding diaryl/α,β-unsaturated/α-hetero) is 1. The molecular weight excluding hydrogens is 180 g/mol. The zero-order valence-corrected chi connectivity index (χ0v) is 8.84. The second-order valence-electron chi connectivity index (χ2n) is 3.25. The van der Waals surface area contributed by atoms with E-state index >= 15 is 0 Å². The molecule has 0 aromatic heterocycles. The third-order valence-corrected chi connectivity index (χ3v) is 2.42. The van der Waals surface area contributed by atoms with Crippen LogP contribution in [-0.4, -0.2) is 10.5 Å². The molecule has 0 aliphatic rings. The van der Waals surface area contributed by atoms with Gasteiger partial charge in [0, 0.05) is 11.7 Å². The second kappa shape index (κ2) is 4.17. The number of hydrogen-bond donors (Lipinski definition) is 0. The molecule has 0 N–H and O–H groups in total. The molecule has 0 aromatic rings. The van der Waals surface area contributed by atoms with Crippen molar-refractivity contribution in [2.45, 2.75) is 32.4 Å². The smallest absolute Gasteiger partial charge is 0.171 e. The summed E-state index contributed by atoms with van der Waals surface area (Å²) >= 11 is 7.17. The summed E-state index contributed by atoms with van der Waals surface area (Å²) in [5.41, 5.74) is 0. The van der Waals surface area contributed by atoms with Gasteiger partial charge in [-0.15, -0.1) is 11.8 Å². The average molecular weight is 193 g/mol. The van der Waals surface area contributed by atoms with Gasteiger partial charge < -0.3 is 0 Å². The van der Waals surface area contributed by atoms with E-state index in [2.05, 4.69) is 20.8 Å². The van der Waals surface area contributed by atoms with E-state index in [9.17, 15) is 4.79 Å². The lowest BCUT2D eigenvalue weighted by molar-refractivity contribution is -0.113. The molecule has 0 saturated heterocycles. The fourth-order valence-corrected chi connectivity index (χ4v) is 1.07. The summed E-state index contributed by atoms with van der Waals surface area (Å²) in [5.74, 6) is -0.0802. The molecule has 0 rings (SSSR count). The number of rotatable bonds is 2. The Hall–Kier alpha value is 0.0500. The topological polar surface area (TPSA) is 17.1 Å². The van der Waals surface area contributed by atoms with Crippen LogP contribution in [0.3, 0.4) is 0 Å². The van der Waals surface area contributed by atoms with Gasteiger partial charge in [-0.2, -0.15) is 0 Å². The van der Waals surface area contributed by atoms with E-state index in [0.717, 1.165) is 0 Å². The highest BCUT2D eigenvalue weighted by molar-refractivity contribution is 8.03. The molecule has 0 heterocycles. The molecule has 0 aromatic carbocycles. The van der Waals surface area contributed by atoms with Crippen molar-refractivity contribution in [1.29, 1.82) is 0 Å². The Kier molecular flexibility index (Phi) is 4.19. The maximum absolute atomic E-state index is 10.6. The van der Waals surface area contributed by atoms with Gasteiger partial charge in [0.15, 0.2) is 5.78 Å². The van der Waals surface area contributed by atoms with Gasteiger partial charge >= 0.3 is 0 Å². The lowest BCUT2D eigenvalue weighted by atomic mass is 10.3. The fourth-order valence-electron chi connectivity index (χ4n) is 0.311. The molecule has 0 unspecified atom stereocenters. The Morgan fingerprint density at radius 3 is 2.18 bits per heavy atom. The minimum Gasteiger partial charge on any atom is -0.293 e. The number of ketones is 1. The number of carbonyl (C=O) groups excluding carboxylic acids is 1. The molecule has 0 bridgehead atoms. The highest BCUT2D eigenvalue weighted by Crippen LogP contribution is 2.26. The Balaban J connectivity index is 4.04. The molecule has 0 aliphatic heterocycles. The summed E-state index contributed by atoms with van der Waals surface area (Å²) in [4.78, 5) is 10.6. The second-order valence-corrected chi connectivity index (χ2v) is 5.36. The summed E-state index contributed by atoms with van der Waals surface area (Å²) < 4.78 is 0.121. The first-order valence-corrected chi connectivity index (χ1v) is 4.63. The van der Waals surface area contributed by atoms with Crippen molar-refractivity contribution in [3.63, 3.8) is 0 Å². The quantitative estimate of drug-likeness (QED) is 0.626. The van der Waals surface area contributed by atoms with Crippen LogP contribution in [0.4, 0.5) is 0 Å². The molecule has 0 radical (unpaired) electrons. The van der Waals surface area contributed by atoms with Crippen molar-refractivity contribution < 1.29 is 4.79 Å². The molecule has 0 amide bonds. The van der Waals surface area contributed by atoms with Crippen molar-refractivity contribution >= 4 is 29.1 Å². The van der Waals surface area contributed by atoms with Crippen molar-refractivity contribution in [2.75, 3.05) is 0 Å². The van der Waals surface area contributed by atoms with Crippen LogP contribution in [0.5, 0.6) is 0 Å². The van der Waals surface area contributed by atoms with E-state index in [0.29, 0.717) is 5.03 Å². The molecule has 0 saturated carbocycles. The largest absolute Gasteiger partial charge is 0.293 e. The normalized spacial score (nSPS) is 13.4. The Bertz CT molecular complexity index is 179. The Morgan fingerprint density at radius 2 is 1.91 bits per heavy atom. The van der Waals surface area contributed by atoms with Gasteiger partial charge in [0.25, 0.3) is 0 Å². The van der Waals surface area contributed by atoms with E-state index in [-0.39, 0.29) is 10.5 Å². The van der Waals surface area contributed by atoms with E-state index in [1.165, 1.54) is 6.92 Å². The zero-order chi connectivity index (χ0) is 9.07. The Labute approximate surface area is 77.2 Å². The molecule has 0 atom stereocenters. The van der Waals surface area contributed by atoms with Gasteiger partial charge in [0.2, 0.25) is 0 Å². The predicted octanol–water partition coefficient (Wildman–Crippen LogP) is 3.19. The van der Waals surface area contributed by atoms with Crippen LogP contribution < -0.4 is 0 Å². The van der Waals surface area contributed by atoms with Crippen LogP contribution in [0, 0.1) is 0 Å².